The van der Waals surface area contributed by atoms with E-state index in [1.165, 1.54) is 51.4 Å². The molecule has 0 aromatic carbocycles. The molecular weight excluding hydrogens is 569 g/mol. The molecule has 171 valence electrons. The molecule has 2 nitrogen and oxygen atoms in total. The maximum Gasteiger partial charge on any atom is 0 e. The molecule has 0 spiro atoms. The predicted octanol–water partition coefficient (Wildman–Crippen LogP) is 6.83. The molecule has 0 aromatic rings. The summed E-state index contributed by atoms with van der Waals surface area (Å²) < 4.78 is 0. The first-order chi connectivity index (χ1) is 13.0. The van der Waals surface area contributed by atoms with Gasteiger partial charge in [0.05, 0.1) is 0 Å². The third kappa shape index (κ3) is 37.5. The van der Waals surface area contributed by atoms with E-state index >= 15 is 0 Å². The van der Waals surface area contributed by atoms with E-state index in [0.717, 1.165) is 13.1 Å². The van der Waals surface area contributed by atoms with Crippen molar-refractivity contribution in [2.24, 2.45) is 0 Å². The van der Waals surface area contributed by atoms with Crippen molar-refractivity contribution in [1.82, 2.24) is 9.80 Å². The maximum atomic E-state index is 4.83. The zero-order valence-corrected chi connectivity index (χ0v) is 22.8. The van der Waals surface area contributed by atoms with Crippen molar-refractivity contribution in [3.05, 3.63) is 48.6 Å². The molecule has 0 atom stereocenters. The Morgan fingerprint density at radius 1 is 0.536 bits per heavy atom. The maximum absolute atomic E-state index is 4.83. The molecule has 0 fully saturated rings. The molecule has 0 N–H and O–H groups in total. The first-order valence-electron chi connectivity index (χ1n) is 9.77. The van der Waals surface area contributed by atoms with Gasteiger partial charge in [0.25, 0.3) is 0 Å². The number of likely N-dealkylation sites (N-methyl/N-ethyl adjacent to an activating group) is 2. The molecule has 2 rings (SSSR count). The predicted molar refractivity (Wildman–Crippen MR) is 122 cm³/mol. The molecule has 0 aromatic heterocycles. The smallest absolute Gasteiger partial charge is 0 e. The van der Waals surface area contributed by atoms with Gasteiger partial charge in [-0.2, -0.15) is 0 Å². The average Bonchev–Trinajstić information content (AvgIpc) is 2.53. The minimum atomic E-state index is -0.226. The van der Waals surface area contributed by atoms with Crippen molar-refractivity contribution in [3.63, 3.8) is 0 Å². The molecule has 1 radical (unpaired) electrons. The van der Waals surface area contributed by atoms with E-state index < -0.39 is 0 Å². The Kier molecular flexibility index (Phi) is 35.6. The van der Waals surface area contributed by atoms with E-state index in [0.29, 0.717) is 0 Å². The van der Waals surface area contributed by atoms with Gasteiger partial charge in [-0.05, 0) is 79.6 Å². The number of halogens is 2. The quantitative estimate of drug-likeness (QED) is 0.256. The van der Waals surface area contributed by atoms with Crippen LogP contribution in [0.3, 0.4) is 0 Å². The summed E-state index contributed by atoms with van der Waals surface area (Å²) in [6.45, 7) is 2.29. The monoisotopic (exact) mass is 608 g/mol. The first-order valence-corrected chi connectivity index (χ1v) is 14.0. The number of rotatable bonds is 3. The van der Waals surface area contributed by atoms with Crippen LogP contribution >= 0.6 is 19.4 Å². The molecule has 0 saturated carbocycles. The van der Waals surface area contributed by atoms with Gasteiger partial charge < -0.3 is 9.80 Å². The van der Waals surface area contributed by atoms with Crippen LogP contribution in [0.25, 0.3) is 0 Å². The minimum absolute atomic E-state index is 0. The van der Waals surface area contributed by atoms with Crippen LogP contribution in [-0.2, 0) is 34.6 Å². The second-order valence-electron chi connectivity index (χ2n) is 6.85. The van der Waals surface area contributed by atoms with E-state index in [1.807, 2.05) is 0 Å². The van der Waals surface area contributed by atoms with Crippen molar-refractivity contribution in [1.29, 1.82) is 0 Å². The molecule has 0 unspecified atom stereocenters. The van der Waals surface area contributed by atoms with E-state index in [2.05, 4.69) is 86.6 Å². The van der Waals surface area contributed by atoms with Gasteiger partial charge in [-0.15, -0.1) is 0 Å². The second kappa shape index (κ2) is 29.9. The van der Waals surface area contributed by atoms with Gasteiger partial charge in [-0.25, -0.2) is 0 Å². The third-order valence-electron chi connectivity index (χ3n) is 3.66. The first kappa shape index (κ1) is 33.3. The van der Waals surface area contributed by atoms with Crippen molar-refractivity contribution in [2.75, 3.05) is 41.3 Å². The van der Waals surface area contributed by atoms with Gasteiger partial charge >= 0.3 is 34.5 Å². The van der Waals surface area contributed by atoms with Crippen molar-refractivity contribution in [3.8, 4) is 0 Å². The van der Waals surface area contributed by atoms with Crippen molar-refractivity contribution >= 4 is 19.4 Å². The molecule has 0 saturated heterocycles. The van der Waals surface area contributed by atoms with Crippen LogP contribution in [-0.4, -0.2) is 51.1 Å². The molecule has 28 heavy (non-hydrogen) atoms. The van der Waals surface area contributed by atoms with Crippen molar-refractivity contribution < 1.29 is 34.6 Å². The molecule has 6 heteroatoms. The normalized spacial score (nSPS) is 20.0. The SMILES string of the molecule is C1=C\CC/C=C\CC/1.C1=C\CC/C=C\CC/1.CN(C)CCN(C)C.[Cl][Rh-][Cl].[Rh]. The summed E-state index contributed by atoms with van der Waals surface area (Å²) in [6, 6.07) is 0. The van der Waals surface area contributed by atoms with Gasteiger partial charge in [0, 0.05) is 32.6 Å². The number of hydrogen-bond acceptors (Lipinski definition) is 2. The Hall–Kier alpha value is 0.707. The van der Waals surface area contributed by atoms with Gasteiger partial charge in [-0.1, -0.05) is 48.6 Å². The van der Waals surface area contributed by atoms with Crippen LogP contribution in [0.1, 0.15) is 51.4 Å². The van der Waals surface area contributed by atoms with E-state index in [9.17, 15) is 0 Å². The summed E-state index contributed by atoms with van der Waals surface area (Å²) in [5.41, 5.74) is 0. The Bertz CT molecular complexity index is 308. The van der Waals surface area contributed by atoms with Crippen LogP contribution in [0.2, 0.25) is 0 Å². The molecule has 2 aliphatic rings. The Morgan fingerprint density at radius 3 is 0.786 bits per heavy atom. The van der Waals surface area contributed by atoms with Crippen LogP contribution < -0.4 is 0 Å². The Balaban J connectivity index is -0.000000307. The Morgan fingerprint density at radius 2 is 0.679 bits per heavy atom. The van der Waals surface area contributed by atoms with Crippen LogP contribution in [0.4, 0.5) is 0 Å². The summed E-state index contributed by atoms with van der Waals surface area (Å²) in [7, 11) is 18.0. The molecule has 0 aliphatic heterocycles. The fourth-order valence-corrected chi connectivity index (χ4v) is 2.11. The number of nitrogens with zero attached hydrogens (tertiary/aromatic N) is 2. The number of hydrogen-bond donors (Lipinski definition) is 0. The van der Waals surface area contributed by atoms with Crippen LogP contribution in [0, 0.1) is 0 Å². The van der Waals surface area contributed by atoms with Gasteiger partial charge in [0.1, 0.15) is 0 Å². The summed E-state index contributed by atoms with van der Waals surface area (Å²) in [4.78, 5) is 4.36. The topological polar surface area (TPSA) is 6.48 Å². The molecular formula is C22H40Cl2N2Rh2-. The molecule has 2 aliphatic carbocycles. The fraction of sp³-hybridized carbons (Fsp3) is 0.636. The summed E-state index contributed by atoms with van der Waals surface area (Å²) in [5, 5.41) is 0. The van der Waals surface area contributed by atoms with Crippen molar-refractivity contribution in [2.45, 2.75) is 51.4 Å². The molecule has 0 amide bonds. The minimum Gasteiger partial charge on any atom is 0 e. The van der Waals surface area contributed by atoms with Gasteiger partial charge in [0.2, 0.25) is 0 Å². The standard InChI is InChI=1S/2C8H12.C6H16N2.2ClH.2Rh/c2*1-2-4-6-8-7-5-3-1;1-7(2)5-6-8(3)4;;;;/h2*1-2,7-8H,3-6H2;5-6H2,1-4H3;2*1H;;/q;;;;;;+1/p-2/b2*2-1-,8-7-;;;;;. The van der Waals surface area contributed by atoms with E-state index in [1.54, 1.807) is 0 Å². The van der Waals surface area contributed by atoms with E-state index in [4.69, 9.17) is 19.4 Å². The summed E-state index contributed by atoms with van der Waals surface area (Å²) >= 11 is -0.226. The number of allylic oxidation sites excluding steroid dienone is 8. The summed E-state index contributed by atoms with van der Waals surface area (Å²) in [6.07, 6.45) is 28.0. The van der Waals surface area contributed by atoms with E-state index in [-0.39, 0.29) is 34.6 Å². The second-order valence-corrected chi connectivity index (χ2v) is 9.34. The average molecular weight is 609 g/mol. The fourth-order valence-electron chi connectivity index (χ4n) is 2.11. The summed E-state index contributed by atoms with van der Waals surface area (Å²) in [5.74, 6) is 0. The van der Waals surface area contributed by atoms with Crippen LogP contribution in [0.5, 0.6) is 0 Å². The zero-order chi connectivity index (χ0) is 20.6. The molecule has 0 bridgehead atoms. The van der Waals surface area contributed by atoms with Crippen LogP contribution in [0.15, 0.2) is 48.6 Å². The molecule has 0 heterocycles. The zero-order valence-electron chi connectivity index (χ0n) is 18.0. The van der Waals surface area contributed by atoms with Gasteiger partial charge in [0.15, 0.2) is 0 Å². The largest absolute Gasteiger partial charge is 0 e. The third-order valence-corrected chi connectivity index (χ3v) is 3.66. The Labute approximate surface area is 203 Å². The van der Waals surface area contributed by atoms with Gasteiger partial charge in [-0.3, -0.25) is 0 Å².